The van der Waals surface area contributed by atoms with Gasteiger partial charge >= 0.3 is 0 Å². The fourth-order valence-electron chi connectivity index (χ4n) is 3.26. The first-order valence-electron chi connectivity index (χ1n) is 8.80. The van der Waals surface area contributed by atoms with Gasteiger partial charge in [0.2, 0.25) is 0 Å². The maximum atomic E-state index is 12.7. The molecule has 2 N–H and O–H groups in total. The first kappa shape index (κ1) is 17.5. The van der Waals surface area contributed by atoms with E-state index in [1.54, 1.807) is 0 Å². The van der Waals surface area contributed by atoms with Gasteiger partial charge in [0.15, 0.2) is 0 Å². The molecule has 134 valence electrons. The third kappa shape index (κ3) is 4.02. The van der Waals surface area contributed by atoms with Gasteiger partial charge in [-0.25, -0.2) is 0 Å². The number of aliphatic hydroxyl groups is 1. The van der Waals surface area contributed by atoms with Crippen LogP contribution in [0.4, 0.5) is 5.69 Å². The predicted octanol–water partition coefficient (Wildman–Crippen LogP) is 2.19. The maximum absolute atomic E-state index is 12.7. The summed E-state index contributed by atoms with van der Waals surface area (Å²) in [5, 5.41) is 17.0. The minimum atomic E-state index is 0.0411. The van der Waals surface area contributed by atoms with Crippen LogP contribution in [-0.4, -0.2) is 45.4 Å². The van der Waals surface area contributed by atoms with Crippen LogP contribution in [0.5, 0.6) is 0 Å². The Morgan fingerprint density at radius 3 is 3.00 bits per heavy atom. The molecule has 1 aromatic carbocycles. The van der Waals surface area contributed by atoms with Crippen molar-refractivity contribution in [2.45, 2.75) is 26.3 Å². The molecule has 25 heavy (non-hydrogen) atoms. The second-order valence-corrected chi connectivity index (χ2v) is 6.76. The van der Waals surface area contributed by atoms with Crippen molar-refractivity contribution in [3.63, 3.8) is 0 Å². The van der Waals surface area contributed by atoms with E-state index in [-0.39, 0.29) is 18.4 Å². The third-order valence-electron chi connectivity index (χ3n) is 4.99. The van der Waals surface area contributed by atoms with Crippen molar-refractivity contribution in [3.8, 4) is 0 Å². The second kappa shape index (κ2) is 7.70. The first-order valence-corrected chi connectivity index (χ1v) is 8.80. The Kier molecular flexibility index (Phi) is 5.38. The number of amides is 1. The number of nitrogens with one attached hydrogen (secondary N) is 1. The van der Waals surface area contributed by atoms with E-state index in [4.69, 9.17) is 0 Å². The zero-order valence-electron chi connectivity index (χ0n) is 14.9. The Morgan fingerprint density at radius 2 is 2.28 bits per heavy atom. The van der Waals surface area contributed by atoms with Gasteiger partial charge in [0.05, 0.1) is 6.20 Å². The standard InChI is InChI=1S/C19H26N4O2/c1-14-17(11-21-22(14)2)10-20-18-7-3-6-16(9-18)19(25)23-8-4-5-15(12-23)13-24/h3,6-7,9,11,15,20,24H,4-5,8,10,12-13H2,1-2H3. The molecule has 1 atom stereocenters. The topological polar surface area (TPSA) is 70.4 Å². The highest BCUT2D eigenvalue weighted by Crippen LogP contribution is 2.20. The van der Waals surface area contributed by atoms with Gasteiger partial charge in [-0.3, -0.25) is 9.48 Å². The molecule has 1 fully saturated rings. The van der Waals surface area contributed by atoms with E-state index < -0.39 is 0 Å². The number of aliphatic hydroxyl groups excluding tert-OH is 1. The van der Waals surface area contributed by atoms with Gasteiger partial charge < -0.3 is 15.3 Å². The molecule has 1 unspecified atom stereocenters. The fourth-order valence-corrected chi connectivity index (χ4v) is 3.26. The van der Waals surface area contributed by atoms with Crippen LogP contribution in [0, 0.1) is 12.8 Å². The predicted molar refractivity (Wildman–Crippen MR) is 97.4 cm³/mol. The molecule has 1 saturated heterocycles. The van der Waals surface area contributed by atoms with Gasteiger partial charge in [0.1, 0.15) is 0 Å². The minimum absolute atomic E-state index is 0.0411. The van der Waals surface area contributed by atoms with Crippen molar-refractivity contribution in [1.29, 1.82) is 0 Å². The molecular formula is C19H26N4O2. The molecule has 0 spiro atoms. The number of benzene rings is 1. The number of anilines is 1. The Labute approximate surface area is 148 Å². The number of aryl methyl sites for hydroxylation is 1. The zero-order chi connectivity index (χ0) is 17.8. The summed E-state index contributed by atoms with van der Waals surface area (Å²) in [4.78, 5) is 14.6. The van der Waals surface area contributed by atoms with Crippen molar-refractivity contribution in [2.24, 2.45) is 13.0 Å². The van der Waals surface area contributed by atoms with Crippen molar-refractivity contribution in [3.05, 3.63) is 47.3 Å². The van der Waals surface area contributed by atoms with Gasteiger partial charge in [-0.15, -0.1) is 0 Å². The summed E-state index contributed by atoms with van der Waals surface area (Å²) in [6.07, 6.45) is 3.81. The smallest absolute Gasteiger partial charge is 0.253 e. The Bertz CT molecular complexity index is 741. The number of carbonyl (C=O) groups is 1. The van der Waals surface area contributed by atoms with Gasteiger partial charge in [0.25, 0.3) is 5.91 Å². The molecule has 0 radical (unpaired) electrons. The van der Waals surface area contributed by atoms with Crippen molar-refractivity contribution in [2.75, 3.05) is 25.0 Å². The van der Waals surface area contributed by atoms with E-state index in [0.717, 1.165) is 36.3 Å². The van der Waals surface area contributed by atoms with Crippen LogP contribution in [-0.2, 0) is 13.6 Å². The number of hydrogen-bond donors (Lipinski definition) is 2. The van der Waals surface area contributed by atoms with Gasteiger partial charge in [0, 0.05) is 55.8 Å². The van der Waals surface area contributed by atoms with E-state index in [1.807, 2.05) is 54.0 Å². The summed E-state index contributed by atoms with van der Waals surface area (Å²) in [6, 6.07) is 7.62. The lowest BCUT2D eigenvalue weighted by atomic mass is 9.98. The molecule has 0 bridgehead atoms. The zero-order valence-corrected chi connectivity index (χ0v) is 14.9. The molecule has 0 aliphatic carbocycles. The summed E-state index contributed by atoms with van der Waals surface area (Å²) in [5.74, 6) is 0.243. The quantitative estimate of drug-likeness (QED) is 0.874. The van der Waals surface area contributed by atoms with Crippen LogP contribution >= 0.6 is 0 Å². The van der Waals surface area contributed by atoms with Crippen LogP contribution in [0.1, 0.15) is 34.5 Å². The summed E-state index contributed by atoms with van der Waals surface area (Å²) in [6.45, 7) is 4.27. The Morgan fingerprint density at radius 1 is 1.44 bits per heavy atom. The lowest BCUT2D eigenvalue weighted by molar-refractivity contribution is 0.0621. The lowest BCUT2D eigenvalue weighted by Gasteiger charge is -2.32. The number of carbonyl (C=O) groups excluding carboxylic acids is 1. The van der Waals surface area contributed by atoms with Gasteiger partial charge in [-0.2, -0.15) is 5.10 Å². The highest BCUT2D eigenvalue weighted by atomic mass is 16.3. The monoisotopic (exact) mass is 342 g/mol. The van der Waals surface area contributed by atoms with Crippen LogP contribution in [0.15, 0.2) is 30.5 Å². The van der Waals surface area contributed by atoms with Crippen LogP contribution in [0.25, 0.3) is 0 Å². The van der Waals surface area contributed by atoms with Crippen molar-refractivity contribution >= 4 is 11.6 Å². The Hall–Kier alpha value is -2.34. The number of nitrogens with zero attached hydrogens (tertiary/aromatic N) is 3. The largest absolute Gasteiger partial charge is 0.396 e. The van der Waals surface area contributed by atoms with Crippen molar-refractivity contribution in [1.82, 2.24) is 14.7 Å². The fraction of sp³-hybridized carbons (Fsp3) is 0.474. The minimum Gasteiger partial charge on any atom is -0.396 e. The molecule has 6 nitrogen and oxygen atoms in total. The number of hydrogen-bond acceptors (Lipinski definition) is 4. The van der Waals surface area contributed by atoms with Gasteiger partial charge in [-0.05, 0) is 43.9 Å². The van der Waals surface area contributed by atoms with Crippen LogP contribution in [0.2, 0.25) is 0 Å². The van der Waals surface area contributed by atoms with Gasteiger partial charge in [-0.1, -0.05) is 6.07 Å². The molecule has 0 saturated carbocycles. The highest BCUT2D eigenvalue weighted by Gasteiger charge is 2.24. The highest BCUT2D eigenvalue weighted by molar-refractivity contribution is 5.95. The van der Waals surface area contributed by atoms with E-state index >= 15 is 0 Å². The molecule has 1 amide bonds. The summed E-state index contributed by atoms with van der Waals surface area (Å²) >= 11 is 0. The Balaban J connectivity index is 1.66. The summed E-state index contributed by atoms with van der Waals surface area (Å²) in [5.41, 5.74) is 3.88. The molecule has 1 aliphatic heterocycles. The SMILES string of the molecule is Cc1c(CNc2cccc(C(=O)N3CCCC(CO)C3)c2)cnn1C. The number of rotatable bonds is 5. The summed E-state index contributed by atoms with van der Waals surface area (Å²) in [7, 11) is 1.93. The molecular weight excluding hydrogens is 316 g/mol. The molecule has 1 aromatic heterocycles. The van der Waals surface area contributed by atoms with Crippen LogP contribution in [0.3, 0.4) is 0 Å². The van der Waals surface area contributed by atoms with Crippen molar-refractivity contribution < 1.29 is 9.90 Å². The number of aromatic nitrogens is 2. The van der Waals surface area contributed by atoms with E-state index in [1.165, 1.54) is 0 Å². The molecule has 1 aliphatic rings. The van der Waals surface area contributed by atoms with E-state index in [9.17, 15) is 9.90 Å². The average molecular weight is 342 g/mol. The lowest BCUT2D eigenvalue weighted by Crippen LogP contribution is -2.40. The average Bonchev–Trinajstić information content (AvgIpc) is 2.98. The van der Waals surface area contributed by atoms with E-state index in [2.05, 4.69) is 10.4 Å². The normalized spacial score (nSPS) is 17.6. The van der Waals surface area contributed by atoms with Crippen LogP contribution < -0.4 is 5.32 Å². The summed E-state index contributed by atoms with van der Waals surface area (Å²) < 4.78 is 1.85. The first-order chi connectivity index (χ1) is 12.1. The second-order valence-electron chi connectivity index (χ2n) is 6.76. The molecule has 6 heteroatoms. The molecule has 2 aromatic rings. The number of likely N-dealkylation sites (tertiary alicyclic amines) is 1. The van der Waals surface area contributed by atoms with E-state index in [0.29, 0.717) is 18.7 Å². The molecule has 3 rings (SSSR count). The molecule has 2 heterocycles. The third-order valence-corrected chi connectivity index (χ3v) is 4.99. The number of piperidine rings is 1. The maximum Gasteiger partial charge on any atom is 0.253 e.